The van der Waals surface area contributed by atoms with Crippen molar-refractivity contribution in [2.24, 2.45) is 12.0 Å². The van der Waals surface area contributed by atoms with E-state index >= 15 is 0 Å². The van der Waals surface area contributed by atoms with E-state index < -0.39 is 0 Å². The van der Waals surface area contributed by atoms with Gasteiger partial charge >= 0.3 is 0 Å². The molecular formula is C19H18N4OS. The number of carbonyl (C=O) groups excluding carboxylic acids is 1. The van der Waals surface area contributed by atoms with Crippen molar-refractivity contribution in [3.05, 3.63) is 58.7 Å². The van der Waals surface area contributed by atoms with Crippen LogP contribution in [-0.2, 0) is 13.6 Å². The molecule has 0 aliphatic heterocycles. The maximum atomic E-state index is 12.5. The Bertz CT molecular complexity index is 1160. The van der Waals surface area contributed by atoms with Gasteiger partial charge in [0.15, 0.2) is 10.5 Å². The quantitative estimate of drug-likeness (QED) is 0.554. The minimum Gasteiger partial charge on any atom is -0.317 e. The summed E-state index contributed by atoms with van der Waals surface area (Å²) in [4.78, 5) is 17.6. The van der Waals surface area contributed by atoms with E-state index in [2.05, 4.69) is 45.8 Å². The summed E-state index contributed by atoms with van der Waals surface area (Å²) in [6.07, 6.45) is 0. The summed E-state index contributed by atoms with van der Waals surface area (Å²) < 4.78 is 4.93. The molecule has 5 nitrogen and oxygen atoms in total. The smallest absolute Gasteiger partial charge is 0.300 e. The number of hydrogen-bond acceptors (Lipinski definition) is 3. The van der Waals surface area contributed by atoms with Gasteiger partial charge in [-0.2, -0.15) is 10.1 Å². The minimum atomic E-state index is -0.304. The molecule has 0 N–H and O–H groups in total. The molecule has 0 aliphatic rings. The lowest BCUT2D eigenvalue weighted by molar-refractivity contribution is 0.0992. The molecule has 0 saturated heterocycles. The van der Waals surface area contributed by atoms with Crippen molar-refractivity contribution in [3.8, 4) is 0 Å². The average Bonchev–Trinajstić information content (AvgIpc) is 3.14. The SMILES string of the molecule is CCn1c(=NC(=O)c2cc(C)n(C)n2)sc2c3ccccc3ccc21. The van der Waals surface area contributed by atoms with Gasteiger partial charge in [0, 0.05) is 24.7 Å². The third kappa shape index (κ3) is 2.59. The number of thiazole rings is 1. The van der Waals surface area contributed by atoms with Gasteiger partial charge in [-0.1, -0.05) is 41.7 Å². The van der Waals surface area contributed by atoms with Crippen LogP contribution in [0.15, 0.2) is 47.5 Å². The Balaban J connectivity index is 1.94. The summed E-state index contributed by atoms with van der Waals surface area (Å²) >= 11 is 1.55. The summed E-state index contributed by atoms with van der Waals surface area (Å²) in [5.41, 5.74) is 2.42. The van der Waals surface area contributed by atoms with Crippen LogP contribution in [0.25, 0.3) is 21.0 Å². The van der Waals surface area contributed by atoms with E-state index in [4.69, 9.17) is 0 Å². The van der Waals surface area contributed by atoms with Gasteiger partial charge in [0.05, 0.1) is 10.2 Å². The highest BCUT2D eigenvalue weighted by Crippen LogP contribution is 2.27. The van der Waals surface area contributed by atoms with Crippen LogP contribution in [0.4, 0.5) is 0 Å². The molecule has 0 bridgehead atoms. The molecule has 126 valence electrons. The Kier molecular flexibility index (Phi) is 3.77. The number of rotatable bonds is 2. The second-order valence-corrected chi connectivity index (χ2v) is 6.95. The number of nitrogens with zero attached hydrogens (tertiary/aromatic N) is 4. The van der Waals surface area contributed by atoms with Crippen LogP contribution in [0.2, 0.25) is 0 Å². The number of carbonyl (C=O) groups is 1. The Labute approximate surface area is 148 Å². The van der Waals surface area contributed by atoms with E-state index in [1.807, 2.05) is 26.1 Å². The summed E-state index contributed by atoms with van der Waals surface area (Å²) in [6, 6.07) is 14.3. The van der Waals surface area contributed by atoms with Gasteiger partial charge in [-0.25, -0.2) is 0 Å². The lowest BCUT2D eigenvalue weighted by atomic mass is 10.1. The van der Waals surface area contributed by atoms with E-state index in [1.54, 1.807) is 22.1 Å². The Morgan fingerprint density at radius 3 is 2.76 bits per heavy atom. The van der Waals surface area contributed by atoms with E-state index in [9.17, 15) is 4.79 Å². The molecule has 2 heterocycles. The Morgan fingerprint density at radius 1 is 1.24 bits per heavy atom. The molecule has 4 rings (SSSR count). The molecule has 2 aromatic carbocycles. The number of aryl methyl sites for hydroxylation is 3. The molecule has 0 aliphatic carbocycles. The molecule has 0 radical (unpaired) electrons. The molecule has 0 fully saturated rings. The maximum absolute atomic E-state index is 12.5. The zero-order chi connectivity index (χ0) is 17.6. The number of aromatic nitrogens is 3. The van der Waals surface area contributed by atoms with Crippen LogP contribution in [0.3, 0.4) is 0 Å². The zero-order valence-corrected chi connectivity index (χ0v) is 15.2. The molecule has 0 spiro atoms. The van der Waals surface area contributed by atoms with E-state index in [0.717, 1.165) is 22.5 Å². The first kappa shape index (κ1) is 15.8. The van der Waals surface area contributed by atoms with Crippen LogP contribution in [0, 0.1) is 6.92 Å². The normalized spacial score (nSPS) is 12.4. The zero-order valence-electron chi connectivity index (χ0n) is 14.4. The van der Waals surface area contributed by atoms with Crippen molar-refractivity contribution in [1.29, 1.82) is 0 Å². The van der Waals surface area contributed by atoms with Crippen molar-refractivity contribution < 1.29 is 4.79 Å². The standard InChI is InChI=1S/C19H18N4OS/c1-4-23-16-10-9-13-7-5-6-8-14(13)17(16)25-19(23)20-18(24)15-11-12(2)22(3)21-15/h5-11H,4H2,1-3H3. The van der Waals surface area contributed by atoms with Gasteiger partial charge in [0.25, 0.3) is 5.91 Å². The van der Waals surface area contributed by atoms with Crippen LogP contribution >= 0.6 is 11.3 Å². The summed E-state index contributed by atoms with van der Waals surface area (Å²) in [7, 11) is 1.82. The highest BCUT2D eigenvalue weighted by molar-refractivity contribution is 7.17. The first-order valence-corrected chi connectivity index (χ1v) is 9.01. The third-order valence-electron chi connectivity index (χ3n) is 4.42. The second kappa shape index (κ2) is 5.97. The van der Waals surface area contributed by atoms with Gasteiger partial charge < -0.3 is 4.57 Å². The second-order valence-electron chi connectivity index (χ2n) is 5.98. The van der Waals surface area contributed by atoms with Crippen molar-refractivity contribution in [2.75, 3.05) is 0 Å². The Morgan fingerprint density at radius 2 is 2.04 bits per heavy atom. The maximum Gasteiger partial charge on any atom is 0.300 e. The van der Waals surface area contributed by atoms with Crippen molar-refractivity contribution in [1.82, 2.24) is 14.3 Å². The molecule has 2 aromatic heterocycles. The average molecular weight is 350 g/mol. The number of fused-ring (bicyclic) bond motifs is 3. The summed E-state index contributed by atoms with van der Waals surface area (Å²) in [6.45, 7) is 4.74. The number of hydrogen-bond donors (Lipinski definition) is 0. The molecule has 6 heteroatoms. The van der Waals surface area contributed by atoms with Crippen molar-refractivity contribution in [2.45, 2.75) is 20.4 Å². The predicted octanol–water partition coefficient (Wildman–Crippen LogP) is 3.66. The molecule has 0 saturated carbocycles. The fraction of sp³-hybridized carbons (Fsp3) is 0.211. The summed E-state index contributed by atoms with van der Waals surface area (Å²) in [5.74, 6) is -0.304. The lowest BCUT2D eigenvalue weighted by Gasteiger charge is -2.02. The largest absolute Gasteiger partial charge is 0.317 e. The highest BCUT2D eigenvalue weighted by Gasteiger charge is 2.13. The first-order valence-electron chi connectivity index (χ1n) is 8.19. The first-order chi connectivity index (χ1) is 12.1. The lowest BCUT2D eigenvalue weighted by Crippen LogP contribution is -2.16. The van der Waals surface area contributed by atoms with E-state index in [1.165, 1.54) is 10.8 Å². The van der Waals surface area contributed by atoms with Crippen LogP contribution in [0.1, 0.15) is 23.1 Å². The van der Waals surface area contributed by atoms with E-state index in [-0.39, 0.29) is 5.91 Å². The van der Waals surface area contributed by atoms with Gasteiger partial charge in [-0.3, -0.25) is 9.48 Å². The summed E-state index contributed by atoms with van der Waals surface area (Å²) in [5, 5.41) is 6.62. The van der Waals surface area contributed by atoms with Crippen LogP contribution < -0.4 is 4.80 Å². The van der Waals surface area contributed by atoms with Gasteiger partial charge in [0.2, 0.25) is 0 Å². The topological polar surface area (TPSA) is 52.2 Å². The fourth-order valence-electron chi connectivity index (χ4n) is 3.00. The predicted molar refractivity (Wildman–Crippen MR) is 101 cm³/mol. The van der Waals surface area contributed by atoms with E-state index in [0.29, 0.717) is 10.5 Å². The monoisotopic (exact) mass is 350 g/mol. The van der Waals surface area contributed by atoms with Crippen molar-refractivity contribution >= 4 is 38.2 Å². The molecule has 0 atom stereocenters. The van der Waals surface area contributed by atoms with Crippen LogP contribution in [-0.4, -0.2) is 20.3 Å². The molecule has 4 aromatic rings. The molecular weight excluding hydrogens is 332 g/mol. The van der Waals surface area contributed by atoms with Gasteiger partial charge in [0.1, 0.15) is 0 Å². The van der Waals surface area contributed by atoms with Crippen LogP contribution in [0.5, 0.6) is 0 Å². The highest BCUT2D eigenvalue weighted by atomic mass is 32.1. The fourth-order valence-corrected chi connectivity index (χ4v) is 4.23. The number of amides is 1. The molecule has 1 amide bonds. The van der Waals surface area contributed by atoms with Crippen molar-refractivity contribution in [3.63, 3.8) is 0 Å². The Hall–Kier alpha value is -2.73. The van der Waals surface area contributed by atoms with Gasteiger partial charge in [-0.15, -0.1) is 0 Å². The molecule has 0 unspecified atom stereocenters. The minimum absolute atomic E-state index is 0.304. The van der Waals surface area contributed by atoms with Gasteiger partial charge in [-0.05, 0) is 31.4 Å². The number of benzene rings is 2. The third-order valence-corrected chi connectivity index (χ3v) is 5.55. The molecule has 25 heavy (non-hydrogen) atoms.